The fraction of sp³-hybridized carbons (Fsp3) is 0.474. The van der Waals surface area contributed by atoms with Gasteiger partial charge < -0.3 is 64.4 Å². The Bertz CT molecular complexity index is 4150. The summed E-state index contributed by atoms with van der Waals surface area (Å²) in [5.41, 5.74) is 16.8. The number of ether oxygens (including phenoxy) is 4. The van der Waals surface area contributed by atoms with E-state index >= 15 is 0 Å². The number of amides is 4. The summed E-state index contributed by atoms with van der Waals surface area (Å²) in [6.07, 6.45) is 8.63. The number of H-pyrrole nitrogens is 1. The number of likely N-dealkylation sites (N-methyl/N-ethyl adjacent to an activating group) is 1. The van der Waals surface area contributed by atoms with Crippen molar-refractivity contribution < 1.29 is 47.7 Å². The number of allylic oxidation sites excluding steroid dienone is 4. The summed E-state index contributed by atoms with van der Waals surface area (Å²) in [4.78, 5) is 105. The maximum atomic E-state index is 14.1. The normalized spacial score (nSPS) is 18.1. The molecule has 0 unspecified atom stereocenters. The number of pyridine rings is 1. The molecule has 0 bridgehead atoms. The Morgan fingerprint density at radius 2 is 1.18 bits per heavy atom. The minimum absolute atomic E-state index is 0.134. The van der Waals surface area contributed by atoms with Crippen LogP contribution in [0.5, 0.6) is 0 Å². The fourth-order valence-electron chi connectivity index (χ4n) is 16.2. The van der Waals surface area contributed by atoms with Gasteiger partial charge in [-0.2, -0.15) is 0 Å². The molecule has 4 amide bonds. The maximum Gasteiger partial charge on any atom is 0.409 e. The number of aryl methyl sites for hydroxylation is 2. The van der Waals surface area contributed by atoms with E-state index in [-0.39, 0.29) is 48.5 Å². The van der Waals surface area contributed by atoms with E-state index in [4.69, 9.17) is 18.9 Å². The summed E-state index contributed by atoms with van der Waals surface area (Å²) in [6, 6.07) is 23.4. The van der Waals surface area contributed by atoms with Crippen molar-refractivity contribution in [2.75, 3.05) is 113 Å². The van der Waals surface area contributed by atoms with E-state index in [2.05, 4.69) is 106 Å². The van der Waals surface area contributed by atoms with Crippen molar-refractivity contribution in [3.05, 3.63) is 162 Å². The first kappa shape index (κ1) is 70.3. The number of fused-ring (bicyclic) bond motifs is 4. The van der Waals surface area contributed by atoms with Crippen LogP contribution in [0.2, 0.25) is 0 Å². The Morgan fingerprint density at radius 1 is 0.653 bits per heavy atom. The summed E-state index contributed by atoms with van der Waals surface area (Å²) in [7, 11) is 3.27. The number of dihydropyridines is 1. The minimum atomic E-state index is -0.552. The number of aromatic amines is 1. The van der Waals surface area contributed by atoms with Crippen molar-refractivity contribution in [2.45, 2.75) is 150 Å². The van der Waals surface area contributed by atoms with E-state index < -0.39 is 10.8 Å². The summed E-state index contributed by atoms with van der Waals surface area (Å²) >= 11 is 0. The van der Waals surface area contributed by atoms with E-state index in [1.165, 1.54) is 7.11 Å². The zero-order chi connectivity index (χ0) is 69.7. The van der Waals surface area contributed by atoms with Gasteiger partial charge in [-0.1, -0.05) is 31.2 Å². The van der Waals surface area contributed by atoms with Gasteiger partial charge in [0.25, 0.3) is 17.4 Å². The van der Waals surface area contributed by atoms with Crippen molar-refractivity contribution in [1.29, 1.82) is 0 Å². The smallest absolute Gasteiger partial charge is 0.409 e. The zero-order valence-electron chi connectivity index (χ0n) is 58.9. The van der Waals surface area contributed by atoms with Gasteiger partial charge in [-0.3, -0.25) is 19.2 Å². The Balaban J connectivity index is 0.000000199. The van der Waals surface area contributed by atoms with Gasteiger partial charge in [0.05, 0.1) is 17.9 Å². The van der Waals surface area contributed by atoms with E-state index in [1.807, 2.05) is 88.6 Å². The third kappa shape index (κ3) is 13.5. The molecule has 20 heteroatoms. The molecule has 4 aromatic carbocycles. The number of carbonyl (C=O) groups excluding carboxylic acids is 6. The summed E-state index contributed by atoms with van der Waals surface area (Å²) in [6.45, 7) is 25.4. The molecule has 1 aromatic heterocycles. The van der Waals surface area contributed by atoms with Gasteiger partial charge in [0.15, 0.2) is 5.94 Å². The monoisotopic (exact) mass is 1330 g/mol. The average Bonchev–Trinajstić information content (AvgIpc) is 1.57. The van der Waals surface area contributed by atoms with E-state index in [1.54, 1.807) is 4.90 Å². The van der Waals surface area contributed by atoms with Gasteiger partial charge in [-0.15, -0.1) is 0 Å². The lowest BCUT2D eigenvalue weighted by atomic mass is 9.72. The molecule has 2 spiro atoms. The lowest BCUT2D eigenvalue weighted by Crippen LogP contribution is -2.46. The van der Waals surface area contributed by atoms with Crippen LogP contribution >= 0.6 is 0 Å². The Labute approximate surface area is 575 Å². The van der Waals surface area contributed by atoms with Crippen LogP contribution in [0.3, 0.4) is 0 Å². The number of benzene rings is 4. The van der Waals surface area contributed by atoms with Gasteiger partial charge in [0, 0.05) is 161 Å². The minimum Gasteiger partial charge on any atom is -0.453 e. The number of hydrogen-bond donors (Lipinski definition) is 4. The first-order chi connectivity index (χ1) is 47.2. The van der Waals surface area contributed by atoms with Crippen molar-refractivity contribution in [3.63, 3.8) is 0 Å². The average molecular weight is 1330 g/mol. The number of anilines is 4. The van der Waals surface area contributed by atoms with Crippen LogP contribution in [-0.4, -0.2) is 151 Å². The van der Waals surface area contributed by atoms with Gasteiger partial charge in [-0.05, 0) is 217 Å². The third-order valence-corrected chi connectivity index (χ3v) is 21.5. The topological polar surface area (TPSA) is 224 Å². The molecule has 4 fully saturated rings. The van der Waals surface area contributed by atoms with E-state index in [9.17, 15) is 33.6 Å². The second-order valence-electron chi connectivity index (χ2n) is 27.2. The number of rotatable bonds is 16. The number of likely N-dealkylation sites (tertiary alicyclic amines) is 1. The molecular formula is C78H95N9O11. The van der Waals surface area contributed by atoms with Crippen molar-refractivity contribution in [3.8, 4) is 22.3 Å². The van der Waals surface area contributed by atoms with E-state index in [0.29, 0.717) is 111 Å². The standard InChI is InChI=1S/C40H47N5O6.C38H48N4O5/c1-7-45(30-10-16-51-17-11-30)35-21-29(19-31(27(35)4)38(48)41-22-32-25(2)18-26(3)42-34(32)23-46)28-8-9-33-36(20-28)43(5)37(24-47)40(33)12-14-44(15-13-40)39(49)50-6;1-6-14-42-34-21-27(8-9-32(34)38(37(42)45)12-17-47-18-13-38)28-20-30(35(43)39-23-31-24(3)19-25(4)40-36(31)44)26(5)33(22-28)41(7-2)29-10-15-46-16-11-29/h8-9,18-21,30,42H,7,10-17,22H2,1-6H3,(H,41,48);8-9,19-22,29H,6-7,10-18,23H2,1-5H3,(H,39,43)(H,40,44). The zero-order valence-corrected chi connectivity index (χ0v) is 58.9. The molecule has 8 heterocycles. The molecule has 0 aliphatic carbocycles. The number of piperidine rings is 1. The predicted octanol–water partition coefficient (Wildman–Crippen LogP) is 10.9. The highest BCUT2D eigenvalue weighted by molar-refractivity contribution is 6.09. The first-order valence-electron chi connectivity index (χ1n) is 34.9. The SMILES string of the molecule is CCCN1C(=O)C2(CCOCC2)c2ccc(-c3cc(C(=O)NCc4c(C)cc(C)[nH]c4=O)c(C)c(N(CC)C4CCOCC4)c3)cc21.CCN(c1cc(-c2ccc3c(c2)N(C)C(=C=O)C32CCN(C(=O)OC)CC2)cc(C(=O)NCC2=C(C)C=C(C)NC2=C=O)c1C)C1CCOCC1. The Kier molecular flexibility index (Phi) is 21.5. The van der Waals surface area contributed by atoms with Crippen molar-refractivity contribution in [2.24, 2.45) is 0 Å². The number of methoxy groups -OCH3 is 1. The van der Waals surface area contributed by atoms with Crippen molar-refractivity contribution in [1.82, 2.24) is 25.8 Å². The Morgan fingerprint density at radius 3 is 1.69 bits per heavy atom. The largest absolute Gasteiger partial charge is 0.453 e. The van der Waals surface area contributed by atoms with Gasteiger partial charge in [-0.25, -0.2) is 14.4 Å². The number of hydrogen-bond acceptors (Lipinski definition) is 15. The molecule has 7 aliphatic rings. The quantitative estimate of drug-likeness (QED) is 0.0674. The summed E-state index contributed by atoms with van der Waals surface area (Å²) in [5, 5.41) is 9.19. The van der Waals surface area contributed by atoms with E-state index in [0.717, 1.165) is 148 Å². The second-order valence-corrected chi connectivity index (χ2v) is 27.2. The molecule has 518 valence electrons. The van der Waals surface area contributed by atoms with Crippen LogP contribution in [-0.2, 0) is 50.7 Å². The molecule has 7 aliphatic heterocycles. The highest BCUT2D eigenvalue weighted by Crippen LogP contribution is 2.54. The molecule has 0 atom stereocenters. The van der Waals surface area contributed by atoms with Crippen LogP contribution in [0, 0.1) is 27.7 Å². The van der Waals surface area contributed by atoms with Gasteiger partial charge >= 0.3 is 6.09 Å². The number of carbonyl (C=O) groups is 4. The highest BCUT2D eigenvalue weighted by atomic mass is 16.5. The van der Waals surface area contributed by atoms with Crippen LogP contribution in [0.1, 0.15) is 152 Å². The van der Waals surface area contributed by atoms with Gasteiger partial charge in [0.1, 0.15) is 17.3 Å². The third-order valence-electron chi connectivity index (χ3n) is 21.5. The molecule has 5 aromatic rings. The first-order valence-corrected chi connectivity index (χ1v) is 34.9. The Hall–Kier alpha value is -9.03. The number of nitrogens with zero attached hydrogens (tertiary/aromatic N) is 5. The summed E-state index contributed by atoms with van der Waals surface area (Å²) in [5.74, 6) is 3.94. The fourth-order valence-corrected chi connectivity index (χ4v) is 16.2. The molecule has 12 rings (SSSR count). The molecule has 0 saturated carbocycles. The number of aromatic nitrogens is 1. The maximum absolute atomic E-state index is 14.1. The second kappa shape index (κ2) is 30.0. The molecule has 4 N–H and O–H groups in total. The summed E-state index contributed by atoms with van der Waals surface area (Å²) < 4.78 is 22.0. The molecule has 0 radical (unpaired) electrons. The lowest BCUT2D eigenvalue weighted by molar-refractivity contribution is -0.126. The molecular weight excluding hydrogens is 1240 g/mol. The number of nitrogens with one attached hydrogen (secondary N) is 4. The lowest BCUT2D eigenvalue weighted by Gasteiger charge is -2.39. The van der Waals surface area contributed by atoms with Crippen LogP contribution < -0.4 is 41.1 Å². The van der Waals surface area contributed by atoms with Crippen molar-refractivity contribution >= 4 is 58.4 Å². The predicted molar refractivity (Wildman–Crippen MR) is 383 cm³/mol. The van der Waals surface area contributed by atoms with Crippen LogP contribution in [0.4, 0.5) is 27.5 Å². The molecule has 98 heavy (non-hydrogen) atoms. The van der Waals surface area contributed by atoms with Crippen LogP contribution in [0.15, 0.2) is 106 Å². The molecule has 4 saturated heterocycles. The van der Waals surface area contributed by atoms with Crippen LogP contribution in [0.25, 0.3) is 22.3 Å². The van der Waals surface area contributed by atoms with Gasteiger partial charge in [0.2, 0.25) is 5.91 Å². The molecule has 20 nitrogen and oxygen atoms in total. The highest BCUT2D eigenvalue weighted by Gasteiger charge is 2.52.